The summed E-state index contributed by atoms with van der Waals surface area (Å²) in [5.41, 5.74) is 1.41. The van der Waals surface area contributed by atoms with Crippen molar-refractivity contribution in [3.05, 3.63) is 23.8 Å². The van der Waals surface area contributed by atoms with E-state index >= 15 is 0 Å². The molecule has 2 aliphatic rings. The molecule has 0 spiro atoms. The molecule has 2 aliphatic heterocycles. The minimum Gasteiger partial charge on any atom is -0.339 e. The molecule has 2 N–H and O–H groups in total. The number of halogens is 1. The number of carbonyl (C=O) groups is 2. The molecule has 120 valence electrons. The van der Waals surface area contributed by atoms with Gasteiger partial charge in [0.1, 0.15) is 0 Å². The van der Waals surface area contributed by atoms with Crippen molar-refractivity contribution >= 4 is 41.7 Å². The SMILES string of the molecule is CNC1CCN(C(=O)c2ccc3c(c2)NC(=O)CS3)CC1.Cl. The maximum Gasteiger partial charge on any atom is 0.253 e. The van der Waals surface area contributed by atoms with Crippen LogP contribution in [0.1, 0.15) is 23.2 Å². The van der Waals surface area contributed by atoms with Crippen molar-refractivity contribution in [2.24, 2.45) is 0 Å². The van der Waals surface area contributed by atoms with Crippen LogP contribution in [-0.2, 0) is 4.79 Å². The van der Waals surface area contributed by atoms with Crippen LogP contribution in [0.3, 0.4) is 0 Å². The van der Waals surface area contributed by atoms with Crippen molar-refractivity contribution in [2.75, 3.05) is 31.2 Å². The fourth-order valence-electron chi connectivity index (χ4n) is 2.77. The molecule has 5 nitrogen and oxygen atoms in total. The molecule has 2 heterocycles. The fourth-order valence-corrected chi connectivity index (χ4v) is 3.56. The van der Waals surface area contributed by atoms with Crippen molar-refractivity contribution in [1.29, 1.82) is 0 Å². The topological polar surface area (TPSA) is 61.4 Å². The van der Waals surface area contributed by atoms with Gasteiger partial charge >= 0.3 is 0 Å². The quantitative estimate of drug-likeness (QED) is 0.863. The Hall–Kier alpha value is -1.24. The number of piperidine rings is 1. The van der Waals surface area contributed by atoms with Gasteiger partial charge in [-0.2, -0.15) is 0 Å². The van der Waals surface area contributed by atoms with Gasteiger partial charge in [-0.1, -0.05) is 0 Å². The van der Waals surface area contributed by atoms with E-state index in [0.29, 0.717) is 17.4 Å². The van der Waals surface area contributed by atoms with E-state index in [9.17, 15) is 9.59 Å². The maximum absolute atomic E-state index is 12.5. The van der Waals surface area contributed by atoms with Crippen LogP contribution >= 0.6 is 24.2 Å². The van der Waals surface area contributed by atoms with Crippen LogP contribution in [0.15, 0.2) is 23.1 Å². The average molecular weight is 342 g/mol. The number of hydrogen-bond donors (Lipinski definition) is 2. The van der Waals surface area contributed by atoms with Crippen LogP contribution in [0.5, 0.6) is 0 Å². The minimum absolute atomic E-state index is 0. The van der Waals surface area contributed by atoms with Gasteiger partial charge in [0.2, 0.25) is 5.91 Å². The Morgan fingerprint density at radius 1 is 1.36 bits per heavy atom. The number of thioether (sulfide) groups is 1. The fraction of sp³-hybridized carbons (Fsp3) is 0.467. The first-order valence-electron chi connectivity index (χ1n) is 7.20. The van der Waals surface area contributed by atoms with E-state index in [1.54, 1.807) is 6.07 Å². The van der Waals surface area contributed by atoms with Crippen molar-refractivity contribution in [3.63, 3.8) is 0 Å². The first-order chi connectivity index (χ1) is 10.2. The summed E-state index contributed by atoms with van der Waals surface area (Å²) < 4.78 is 0. The predicted octanol–water partition coefficient (Wildman–Crippen LogP) is 1.98. The molecule has 0 radical (unpaired) electrons. The van der Waals surface area contributed by atoms with Crippen LogP contribution in [0.25, 0.3) is 0 Å². The first-order valence-corrected chi connectivity index (χ1v) is 8.19. The normalized spacial score (nSPS) is 18.2. The second kappa shape index (κ2) is 7.35. The highest BCUT2D eigenvalue weighted by atomic mass is 35.5. The van der Waals surface area contributed by atoms with E-state index in [1.807, 2.05) is 24.1 Å². The van der Waals surface area contributed by atoms with Gasteiger partial charge in [0.05, 0.1) is 11.4 Å². The Labute approximate surface area is 140 Å². The standard InChI is InChI=1S/C15H19N3O2S.ClH/c1-16-11-4-6-18(7-5-11)15(20)10-2-3-13-12(8-10)17-14(19)9-21-13;/h2-3,8,11,16H,4-7,9H2,1H3,(H,17,19);1H. The van der Waals surface area contributed by atoms with Gasteiger partial charge in [0.25, 0.3) is 5.91 Å². The van der Waals surface area contributed by atoms with Gasteiger partial charge in [-0.25, -0.2) is 0 Å². The highest BCUT2D eigenvalue weighted by Gasteiger charge is 2.24. The zero-order valence-corrected chi connectivity index (χ0v) is 14.1. The van der Waals surface area contributed by atoms with E-state index < -0.39 is 0 Å². The molecule has 0 bridgehead atoms. The monoisotopic (exact) mass is 341 g/mol. The zero-order valence-electron chi connectivity index (χ0n) is 12.4. The molecule has 0 aromatic heterocycles. The van der Waals surface area contributed by atoms with Crippen molar-refractivity contribution < 1.29 is 9.59 Å². The average Bonchev–Trinajstić information content (AvgIpc) is 2.53. The van der Waals surface area contributed by atoms with Gasteiger partial charge in [0, 0.05) is 29.6 Å². The number of amides is 2. The Morgan fingerprint density at radius 2 is 2.09 bits per heavy atom. The van der Waals surface area contributed by atoms with Crippen LogP contribution in [0, 0.1) is 0 Å². The third-order valence-corrected chi connectivity index (χ3v) is 5.12. The van der Waals surface area contributed by atoms with E-state index in [1.165, 1.54) is 11.8 Å². The highest BCUT2D eigenvalue weighted by molar-refractivity contribution is 8.00. The minimum atomic E-state index is -0.00747. The second-order valence-corrected chi connectivity index (χ2v) is 6.42. The van der Waals surface area contributed by atoms with Crippen molar-refractivity contribution in [3.8, 4) is 0 Å². The second-order valence-electron chi connectivity index (χ2n) is 5.40. The molecule has 22 heavy (non-hydrogen) atoms. The Bertz CT molecular complexity index is 574. The lowest BCUT2D eigenvalue weighted by Crippen LogP contribution is -2.44. The van der Waals surface area contributed by atoms with Gasteiger partial charge in [-0.3, -0.25) is 9.59 Å². The summed E-state index contributed by atoms with van der Waals surface area (Å²) in [5, 5.41) is 6.09. The summed E-state index contributed by atoms with van der Waals surface area (Å²) >= 11 is 1.51. The number of fused-ring (bicyclic) bond motifs is 1. The summed E-state index contributed by atoms with van der Waals surface area (Å²) in [5.74, 6) is 0.488. The van der Waals surface area contributed by atoms with Crippen LogP contribution in [0.4, 0.5) is 5.69 Å². The predicted molar refractivity (Wildman–Crippen MR) is 91.0 cm³/mol. The summed E-state index contributed by atoms with van der Waals surface area (Å²) in [4.78, 5) is 26.9. The number of hydrogen-bond acceptors (Lipinski definition) is 4. The lowest BCUT2D eigenvalue weighted by Gasteiger charge is -2.32. The molecule has 0 unspecified atom stereocenters. The van der Waals surface area contributed by atoms with Crippen LogP contribution < -0.4 is 10.6 Å². The molecule has 0 atom stereocenters. The molecule has 1 aromatic carbocycles. The Kier molecular flexibility index (Phi) is 5.72. The summed E-state index contributed by atoms with van der Waals surface area (Å²) in [7, 11) is 1.96. The van der Waals surface area contributed by atoms with E-state index in [2.05, 4.69) is 10.6 Å². The zero-order chi connectivity index (χ0) is 14.8. The molecule has 0 saturated carbocycles. The lowest BCUT2D eigenvalue weighted by atomic mass is 10.0. The van der Waals surface area contributed by atoms with Gasteiger partial charge in [-0.05, 0) is 38.1 Å². The number of nitrogens with one attached hydrogen (secondary N) is 2. The third kappa shape index (κ3) is 3.56. The Morgan fingerprint density at radius 3 is 2.77 bits per heavy atom. The van der Waals surface area contributed by atoms with Gasteiger partial charge in [-0.15, -0.1) is 24.2 Å². The molecule has 3 rings (SSSR count). The van der Waals surface area contributed by atoms with E-state index in [-0.39, 0.29) is 24.2 Å². The largest absolute Gasteiger partial charge is 0.339 e. The molecule has 0 aliphatic carbocycles. The number of rotatable bonds is 2. The molecule has 2 amide bonds. The molecule has 1 fully saturated rings. The number of anilines is 1. The van der Waals surface area contributed by atoms with E-state index in [4.69, 9.17) is 0 Å². The van der Waals surface area contributed by atoms with Crippen molar-refractivity contribution in [2.45, 2.75) is 23.8 Å². The smallest absolute Gasteiger partial charge is 0.253 e. The number of benzene rings is 1. The summed E-state index contributed by atoms with van der Waals surface area (Å²) in [6, 6.07) is 6.09. The molecular formula is C15H20ClN3O2S. The van der Waals surface area contributed by atoms with Gasteiger partial charge < -0.3 is 15.5 Å². The van der Waals surface area contributed by atoms with Crippen molar-refractivity contribution in [1.82, 2.24) is 10.2 Å². The Balaban J connectivity index is 0.00000176. The molecule has 1 saturated heterocycles. The third-order valence-electron chi connectivity index (χ3n) is 4.05. The first kappa shape index (κ1) is 17.1. The lowest BCUT2D eigenvalue weighted by molar-refractivity contribution is -0.113. The molecule has 7 heteroatoms. The van der Waals surface area contributed by atoms with Crippen LogP contribution in [0.2, 0.25) is 0 Å². The van der Waals surface area contributed by atoms with E-state index in [0.717, 1.165) is 36.5 Å². The maximum atomic E-state index is 12.5. The number of likely N-dealkylation sites (tertiary alicyclic amines) is 1. The highest BCUT2D eigenvalue weighted by Crippen LogP contribution is 2.32. The van der Waals surface area contributed by atoms with Crippen LogP contribution in [-0.4, -0.2) is 48.6 Å². The summed E-state index contributed by atoms with van der Waals surface area (Å²) in [6.45, 7) is 1.56. The van der Waals surface area contributed by atoms with Gasteiger partial charge in [0.15, 0.2) is 0 Å². The molecular weight excluding hydrogens is 322 g/mol. The molecule has 1 aromatic rings. The summed E-state index contributed by atoms with van der Waals surface area (Å²) in [6.07, 6.45) is 1.97. The number of carbonyl (C=O) groups excluding carboxylic acids is 2. The number of nitrogens with zero attached hydrogens (tertiary/aromatic N) is 1.